The zero-order chi connectivity index (χ0) is 12.8. The molecule has 0 fully saturated rings. The lowest BCUT2D eigenvalue weighted by atomic mass is 10.1. The normalized spacial score (nSPS) is 16.0. The maximum absolute atomic E-state index is 14.1. The maximum atomic E-state index is 14.1. The highest BCUT2D eigenvalue weighted by Crippen LogP contribution is 2.35. The lowest BCUT2D eigenvalue weighted by molar-refractivity contribution is 0.279. The highest BCUT2D eigenvalue weighted by molar-refractivity contribution is 7.89. The Labute approximate surface area is 101 Å². The van der Waals surface area contributed by atoms with Crippen LogP contribution in [0.5, 0.6) is 0 Å². The van der Waals surface area contributed by atoms with Crippen LogP contribution in [0.4, 0.5) is 4.39 Å². The van der Waals surface area contributed by atoms with Gasteiger partial charge in [-0.25, -0.2) is 17.9 Å². The number of aromatic nitrogens is 1. The van der Waals surface area contributed by atoms with Gasteiger partial charge in [-0.05, 0) is 25.1 Å². The fraction of sp³-hybridized carbons (Fsp3) is 0.222. The average Bonchev–Trinajstić information content (AvgIpc) is 2.58. The molecule has 0 amide bonds. The predicted octanol–water partition coefficient (Wildman–Crippen LogP) is 1.91. The van der Waals surface area contributed by atoms with E-state index in [2.05, 4.69) is 5.16 Å². The molecular weight excluding hydrogens is 271 g/mol. The van der Waals surface area contributed by atoms with Gasteiger partial charge in [-0.1, -0.05) is 16.8 Å². The first kappa shape index (κ1) is 12.3. The van der Waals surface area contributed by atoms with Crippen LogP contribution < -0.4 is 5.14 Å². The summed E-state index contributed by atoms with van der Waals surface area (Å²) in [7, 11) is -4.46. The molecule has 0 saturated heterocycles. The molecule has 0 aliphatic rings. The van der Waals surface area contributed by atoms with Gasteiger partial charge in [0.15, 0.2) is 5.58 Å². The highest BCUT2D eigenvalue weighted by Gasteiger charge is 2.43. The summed E-state index contributed by atoms with van der Waals surface area (Å²) in [5, 5.41) is 5.88. The number of nitrogens with two attached hydrogens (primary N) is 1. The number of sulfonamides is 1. The molecule has 2 rings (SSSR count). The van der Waals surface area contributed by atoms with Gasteiger partial charge < -0.3 is 4.52 Å². The highest BCUT2D eigenvalue weighted by atomic mass is 35.5. The summed E-state index contributed by atoms with van der Waals surface area (Å²) >= 11 is 5.74. The number of hydrogen-bond donors (Lipinski definition) is 1. The number of primary sulfonamides is 1. The molecule has 1 heterocycles. The lowest BCUT2D eigenvalue weighted by Gasteiger charge is -2.14. The van der Waals surface area contributed by atoms with Gasteiger partial charge in [0.1, 0.15) is 5.69 Å². The summed E-state index contributed by atoms with van der Waals surface area (Å²) < 4.78 is 41.3. The van der Waals surface area contributed by atoms with Crippen molar-refractivity contribution in [1.82, 2.24) is 5.16 Å². The summed E-state index contributed by atoms with van der Waals surface area (Å²) in [5.74, 6) is 0. The second-order valence-corrected chi connectivity index (χ2v) is 5.93. The number of alkyl halides is 1. The van der Waals surface area contributed by atoms with Crippen molar-refractivity contribution < 1.29 is 17.3 Å². The first-order valence-corrected chi connectivity index (χ1v) is 6.42. The standard InChI is InChI=1S/C9H8ClFN2O3S/c1-9(11,17(12,14)15)8-6-4-5(10)2-3-7(6)16-13-8/h2-4H,1H3,(H2,12,14,15). The molecule has 8 heteroatoms. The number of fused-ring (bicyclic) bond motifs is 1. The van der Waals surface area contributed by atoms with Crippen LogP contribution >= 0.6 is 11.6 Å². The molecule has 1 atom stereocenters. The maximum Gasteiger partial charge on any atom is 0.266 e. The van der Waals surface area contributed by atoms with Crippen LogP contribution in [0.1, 0.15) is 12.6 Å². The van der Waals surface area contributed by atoms with Crippen molar-refractivity contribution in [2.24, 2.45) is 5.14 Å². The third-order valence-electron chi connectivity index (χ3n) is 2.39. The van der Waals surface area contributed by atoms with Crippen molar-refractivity contribution in [2.75, 3.05) is 0 Å². The molecule has 2 aromatic rings. The van der Waals surface area contributed by atoms with E-state index in [1.54, 1.807) is 0 Å². The van der Waals surface area contributed by atoms with Crippen molar-refractivity contribution in [3.8, 4) is 0 Å². The van der Waals surface area contributed by atoms with Crippen LogP contribution in [0, 0.1) is 0 Å². The van der Waals surface area contributed by atoms with Gasteiger partial charge in [0.25, 0.3) is 5.00 Å². The van der Waals surface area contributed by atoms with Gasteiger partial charge in [0.2, 0.25) is 10.0 Å². The molecule has 0 aliphatic carbocycles. The molecule has 0 radical (unpaired) electrons. The van der Waals surface area contributed by atoms with Crippen molar-refractivity contribution in [3.05, 3.63) is 28.9 Å². The van der Waals surface area contributed by atoms with Crippen LogP contribution in [-0.2, 0) is 15.0 Å². The van der Waals surface area contributed by atoms with Gasteiger partial charge in [0, 0.05) is 5.02 Å². The molecule has 0 aliphatic heterocycles. The molecule has 92 valence electrons. The van der Waals surface area contributed by atoms with Gasteiger partial charge in [-0.3, -0.25) is 0 Å². The Morgan fingerprint density at radius 1 is 1.53 bits per heavy atom. The Bertz CT molecular complexity index is 681. The van der Waals surface area contributed by atoms with Crippen molar-refractivity contribution in [2.45, 2.75) is 11.9 Å². The minimum atomic E-state index is -4.46. The Morgan fingerprint density at radius 2 is 2.18 bits per heavy atom. The molecule has 1 aromatic heterocycles. The zero-order valence-electron chi connectivity index (χ0n) is 8.65. The third kappa shape index (κ3) is 1.90. The molecule has 5 nitrogen and oxygen atoms in total. The summed E-state index contributed by atoms with van der Waals surface area (Å²) in [6, 6.07) is 4.35. The summed E-state index contributed by atoms with van der Waals surface area (Å²) in [4.78, 5) is 0. The first-order chi connectivity index (χ1) is 7.73. The van der Waals surface area contributed by atoms with Crippen LogP contribution in [-0.4, -0.2) is 13.6 Å². The molecule has 0 spiro atoms. The summed E-state index contributed by atoms with van der Waals surface area (Å²) in [6.07, 6.45) is 0. The molecule has 1 unspecified atom stereocenters. The minimum absolute atomic E-state index is 0.177. The van der Waals surface area contributed by atoms with Gasteiger partial charge in [-0.2, -0.15) is 0 Å². The molecule has 0 saturated carbocycles. The van der Waals surface area contributed by atoms with Crippen molar-refractivity contribution in [1.29, 1.82) is 0 Å². The molecular formula is C9H8ClFN2O3S. The average molecular weight is 279 g/mol. The SMILES string of the molecule is CC(F)(c1noc2ccc(Cl)cc12)S(N)(=O)=O. The van der Waals surface area contributed by atoms with E-state index in [9.17, 15) is 12.8 Å². The molecule has 17 heavy (non-hydrogen) atoms. The number of nitrogens with zero attached hydrogens (tertiary/aromatic N) is 1. The topological polar surface area (TPSA) is 86.2 Å². The Balaban J connectivity index is 2.76. The van der Waals surface area contributed by atoms with E-state index in [1.807, 2.05) is 0 Å². The van der Waals surface area contributed by atoms with E-state index in [1.165, 1.54) is 18.2 Å². The Hall–Kier alpha value is -1.18. The largest absolute Gasteiger partial charge is 0.356 e. The van der Waals surface area contributed by atoms with Crippen molar-refractivity contribution >= 4 is 32.6 Å². The van der Waals surface area contributed by atoms with Crippen LogP contribution in [0.2, 0.25) is 5.02 Å². The smallest absolute Gasteiger partial charge is 0.266 e. The quantitative estimate of drug-likeness (QED) is 0.909. The number of benzene rings is 1. The number of rotatable bonds is 2. The second-order valence-electron chi connectivity index (χ2n) is 3.63. The second kappa shape index (κ2) is 3.66. The van der Waals surface area contributed by atoms with Crippen LogP contribution in [0.3, 0.4) is 0 Å². The first-order valence-electron chi connectivity index (χ1n) is 4.50. The van der Waals surface area contributed by atoms with E-state index in [-0.39, 0.29) is 11.0 Å². The molecule has 1 aromatic carbocycles. The summed E-state index contributed by atoms with van der Waals surface area (Å²) in [6.45, 7) is 0.806. The fourth-order valence-electron chi connectivity index (χ4n) is 1.37. The predicted molar refractivity (Wildman–Crippen MR) is 60.6 cm³/mol. The monoisotopic (exact) mass is 278 g/mol. The number of halogens is 2. The van der Waals surface area contributed by atoms with Crippen molar-refractivity contribution in [3.63, 3.8) is 0 Å². The van der Waals surface area contributed by atoms with Gasteiger partial charge in [0.05, 0.1) is 5.39 Å². The third-order valence-corrected chi connectivity index (χ3v) is 3.89. The fourth-order valence-corrected chi connectivity index (χ4v) is 1.96. The molecule has 0 bridgehead atoms. The zero-order valence-corrected chi connectivity index (χ0v) is 10.2. The van der Waals surface area contributed by atoms with Crippen LogP contribution in [0.15, 0.2) is 22.7 Å². The van der Waals surface area contributed by atoms with E-state index in [0.29, 0.717) is 5.02 Å². The van der Waals surface area contributed by atoms with Gasteiger partial charge in [-0.15, -0.1) is 0 Å². The summed E-state index contributed by atoms with van der Waals surface area (Å²) in [5.41, 5.74) is -0.172. The Kier molecular flexibility index (Phi) is 2.64. The van der Waals surface area contributed by atoms with E-state index < -0.39 is 20.7 Å². The van der Waals surface area contributed by atoms with E-state index in [4.69, 9.17) is 21.3 Å². The van der Waals surface area contributed by atoms with Crippen LogP contribution in [0.25, 0.3) is 11.0 Å². The Morgan fingerprint density at radius 3 is 2.76 bits per heavy atom. The van der Waals surface area contributed by atoms with E-state index in [0.717, 1.165) is 6.92 Å². The molecule has 2 N–H and O–H groups in total. The van der Waals surface area contributed by atoms with E-state index >= 15 is 0 Å². The lowest BCUT2D eigenvalue weighted by Crippen LogP contribution is -2.34. The minimum Gasteiger partial charge on any atom is -0.356 e. The van der Waals surface area contributed by atoms with Gasteiger partial charge >= 0.3 is 0 Å². The number of hydrogen-bond acceptors (Lipinski definition) is 4.